The Kier molecular flexibility index (Phi) is 3.85. The molecule has 0 saturated carbocycles. The maximum atomic E-state index is 12.5. The molecule has 1 aromatic rings. The Balaban J connectivity index is 2.06. The Morgan fingerprint density at radius 2 is 1.86 bits per heavy atom. The fraction of sp³-hybridized carbons (Fsp3) is 0.375. The largest absolute Gasteiger partial charge is 0.497 e. The highest BCUT2D eigenvalue weighted by Gasteiger charge is 2.33. The number of methoxy groups -OCH3 is 1. The molecule has 0 bridgehead atoms. The maximum absolute atomic E-state index is 12.5. The third-order valence-electron chi connectivity index (χ3n) is 3.94. The topological polar surface area (TPSA) is 59.1 Å². The summed E-state index contributed by atoms with van der Waals surface area (Å²) in [6.07, 6.45) is 1.83. The molecule has 0 unspecified atom stereocenters. The molecule has 0 spiro atoms. The van der Waals surface area contributed by atoms with Gasteiger partial charge < -0.3 is 14.4 Å². The Morgan fingerprint density at radius 3 is 2.55 bits per heavy atom. The molecule has 1 saturated heterocycles. The molecule has 2 amide bonds. The SMILES string of the molecule is COc1ccc2c(c1)C(=O)N(C)C(=O)/C2=C\N1CCOCC1. The van der Waals surface area contributed by atoms with E-state index in [4.69, 9.17) is 9.47 Å². The molecule has 1 aromatic carbocycles. The molecule has 6 nitrogen and oxygen atoms in total. The third-order valence-corrected chi connectivity index (χ3v) is 3.94. The van der Waals surface area contributed by atoms with Crippen LogP contribution in [0.1, 0.15) is 15.9 Å². The van der Waals surface area contributed by atoms with Crippen LogP contribution in [0.25, 0.3) is 5.57 Å². The molecule has 6 heteroatoms. The van der Waals surface area contributed by atoms with E-state index < -0.39 is 0 Å². The minimum Gasteiger partial charge on any atom is -0.497 e. The molecule has 116 valence electrons. The number of ether oxygens (including phenoxy) is 2. The molecule has 2 heterocycles. The molecular weight excluding hydrogens is 284 g/mol. The number of rotatable bonds is 2. The molecule has 2 aliphatic rings. The number of hydrogen-bond donors (Lipinski definition) is 0. The second kappa shape index (κ2) is 5.81. The van der Waals surface area contributed by atoms with Crippen LogP contribution in [-0.2, 0) is 9.53 Å². The molecule has 0 N–H and O–H groups in total. The van der Waals surface area contributed by atoms with Crippen molar-refractivity contribution >= 4 is 17.4 Å². The van der Waals surface area contributed by atoms with Crippen LogP contribution in [0.5, 0.6) is 5.75 Å². The molecule has 3 rings (SSSR count). The summed E-state index contributed by atoms with van der Waals surface area (Å²) in [5, 5.41) is 0. The van der Waals surface area contributed by atoms with E-state index in [1.54, 1.807) is 25.3 Å². The van der Waals surface area contributed by atoms with Crippen molar-refractivity contribution < 1.29 is 19.1 Å². The maximum Gasteiger partial charge on any atom is 0.262 e. The van der Waals surface area contributed by atoms with Crippen LogP contribution in [-0.4, -0.2) is 62.1 Å². The summed E-state index contributed by atoms with van der Waals surface area (Å²) in [5.74, 6) is 0.00718. The summed E-state index contributed by atoms with van der Waals surface area (Å²) >= 11 is 0. The molecule has 1 fully saturated rings. The predicted octanol–water partition coefficient (Wildman–Crippen LogP) is 0.980. The lowest BCUT2D eigenvalue weighted by Gasteiger charge is -2.30. The number of likely N-dealkylation sites (N-methyl/N-ethyl adjacent to an activating group) is 1. The van der Waals surface area contributed by atoms with Crippen molar-refractivity contribution in [3.05, 3.63) is 35.5 Å². The molecule has 22 heavy (non-hydrogen) atoms. The molecule has 0 atom stereocenters. The number of amides is 2. The number of nitrogens with zero attached hydrogens (tertiary/aromatic N) is 2. The van der Waals surface area contributed by atoms with Gasteiger partial charge in [-0.15, -0.1) is 0 Å². The summed E-state index contributed by atoms with van der Waals surface area (Å²) in [5.41, 5.74) is 1.67. The lowest BCUT2D eigenvalue weighted by atomic mass is 9.94. The van der Waals surface area contributed by atoms with Crippen molar-refractivity contribution in [2.75, 3.05) is 40.5 Å². The average molecular weight is 302 g/mol. The summed E-state index contributed by atoms with van der Waals surface area (Å²) in [6, 6.07) is 5.20. The first kappa shape index (κ1) is 14.6. The zero-order valence-corrected chi connectivity index (χ0v) is 12.7. The minimum absolute atomic E-state index is 0.283. The first-order chi connectivity index (χ1) is 10.6. The van der Waals surface area contributed by atoms with Gasteiger partial charge in [-0.3, -0.25) is 14.5 Å². The summed E-state index contributed by atoms with van der Waals surface area (Å²) in [4.78, 5) is 28.0. The van der Waals surface area contributed by atoms with E-state index in [1.807, 2.05) is 11.1 Å². The van der Waals surface area contributed by atoms with E-state index >= 15 is 0 Å². The first-order valence-electron chi connectivity index (χ1n) is 7.16. The predicted molar refractivity (Wildman–Crippen MR) is 80.5 cm³/mol. The zero-order valence-electron chi connectivity index (χ0n) is 12.7. The summed E-state index contributed by atoms with van der Waals surface area (Å²) < 4.78 is 10.5. The standard InChI is InChI=1S/C16H18N2O4/c1-17-15(19)13-9-11(21-2)3-4-12(13)14(16(17)20)10-18-5-7-22-8-6-18/h3-4,9-10H,5-8H2,1-2H3/b14-10-. The smallest absolute Gasteiger partial charge is 0.262 e. The minimum atomic E-state index is -0.307. The molecule has 0 radical (unpaired) electrons. The van der Waals surface area contributed by atoms with Crippen molar-refractivity contribution in [2.45, 2.75) is 0 Å². The normalized spacial score (nSPS) is 20.4. The van der Waals surface area contributed by atoms with Gasteiger partial charge in [0.1, 0.15) is 5.75 Å². The monoisotopic (exact) mass is 302 g/mol. The van der Waals surface area contributed by atoms with Gasteiger partial charge in [0.2, 0.25) is 0 Å². The Hall–Kier alpha value is -2.34. The number of imide groups is 1. The average Bonchev–Trinajstić information content (AvgIpc) is 2.57. The number of carbonyl (C=O) groups is 2. The van der Waals surface area contributed by atoms with Crippen molar-refractivity contribution in [2.24, 2.45) is 0 Å². The zero-order chi connectivity index (χ0) is 15.7. The Bertz CT molecular complexity index is 648. The van der Waals surface area contributed by atoms with Crippen LogP contribution >= 0.6 is 0 Å². The quantitative estimate of drug-likeness (QED) is 0.602. The first-order valence-corrected chi connectivity index (χ1v) is 7.16. The molecular formula is C16H18N2O4. The highest BCUT2D eigenvalue weighted by atomic mass is 16.5. The van der Waals surface area contributed by atoms with Gasteiger partial charge in [0.05, 0.1) is 31.5 Å². The Morgan fingerprint density at radius 1 is 1.14 bits per heavy atom. The fourth-order valence-corrected chi connectivity index (χ4v) is 2.64. The van der Waals surface area contributed by atoms with E-state index in [0.29, 0.717) is 35.7 Å². The van der Waals surface area contributed by atoms with Crippen LogP contribution in [0.2, 0.25) is 0 Å². The number of morpholine rings is 1. The van der Waals surface area contributed by atoms with Gasteiger partial charge in [0.15, 0.2) is 0 Å². The van der Waals surface area contributed by atoms with Gasteiger partial charge in [-0.05, 0) is 18.2 Å². The van der Waals surface area contributed by atoms with E-state index in [2.05, 4.69) is 0 Å². The summed E-state index contributed by atoms with van der Waals surface area (Å²) in [7, 11) is 3.05. The van der Waals surface area contributed by atoms with Gasteiger partial charge in [-0.1, -0.05) is 0 Å². The number of carbonyl (C=O) groups excluding carboxylic acids is 2. The van der Waals surface area contributed by atoms with Crippen LogP contribution in [0.15, 0.2) is 24.4 Å². The fourth-order valence-electron chi connectivity index (χ4n) is 2.64. The van der Waals surface area contributed by atoms with Gasteiger partial charge in [0.25, 0.3) is 11.8 Å². The van der Waals surface area contributed by atoms with Crippen LogP contribution in [0.3, 0.4) is 0 Å². The van der Waals surface area contributed by atoms with Crippen molar-refractivity contribution in [1.29, 1.82) is 0 Å². The lowest BCUT2D eigenvalue weighted by molar-refractivity contribution is -0.121. The lowest BCUT2D eigenvalue weighted by Crippen LogP contribution is -2.40. The van der Waals surface area contributed by atoms with E-state index in [1.165, 1.54) is 7.05 Å². The molecule has 0 aliphatic carbocycles. The van der Waals surface area contributed by atoms with E-state index in [9.17, 15) is 9.59 Å². The van der Waals surface area contributed by atoms with Crippen molar-refractivity contribution in [3.63, 3.8) is 0 Å². The third kappa shape index (κ3) is 2.46. The van der Waals surface area contributed by atoms with Gasteiger partial charge in [-0.25, -0.2) is 0 Å². The van der Waals surface area contributed by atoms with Crippen LogP contribution < -0.4 is 4.74 Å². The highest BCUT2D eigenvalue weighted by Crippen LogP contribution is 2.31. The number of hydrogen-bond acceptors (Lipinski definition) is 5. The molecule has 2 aliphatic heterocycles. The van der Waals surface area contributed by atoms with Crippen molar-refractivity contribution in [3.8, 4) is 5.75 Å². The second-order valence-corrected chi connectivity index (χ2v) is 5.27. The van der Waals surface area contributed by atoms with Crippen molar-refractivity contribution in [1.82, 2.24) is 9.80 Å². The second-order valence-electron chi connectivity index (χ2n) is 5.27. The number of benzene rings is 1. The molecule has 0 aromatic heterocycles. The highest BCUT2D eigenvalue weighted by molar-refractivity contribution is 6.30. The van der Waals surface area contributed by atoms with E-state index in [-0.39, 0.29) is 11.8 Å². The van der Waals surface area contributed by atoms with Gasteiger partial charge >= 0.3 is 0 Å². The van der Waals surface area contributed by atoms with Gasteiger partial charge in [0, 0.05) is 31.9 Å². The summed E-state index contributed by atoms with van der Waals surface area (Å²) in [6.45, 7) is 2.75. The van der Waals surface area contributed by atoms with Crippen LogP contribution in [0.4, 0.5) is 0 Å². The number of fused-ring (bicyclic) bond motifs is 1. The Labute approximate surface area is 128 Å². The van der Waals surface area contributed by atoms with Gasteiger partial charge in [-0.2, -0.15) is 0 Å². The van der Waals surface area contributed by atoms with Crippen LogP contribution in [0, 0.1) is 0 Å². The van der Waals surface area contributed by atoms with E-state index in [0.717, 1.165) is 18.0 Å².